The molecular weight excluding hydrogens is 551 g/mol. The van der Waals surface area contributed by atoms with Crippen LogP contribution in [0.15, 0.2) is 77.2 Å². The number of nitrogens with one attached hydrogen (secondary N) is 2. The normalized spacial score (nSPS) is 15.0. The summed E-state index contributed by atoms with van der Waals surface area (Å²) in [6.07, 6.45) is 6.15. The van der Waals surface area contributed by atoms with Gasteiger partial charge < -0.3 is 19.6 Å². The van der Waals surface area contributed by atoms with Crippen molar-refractivity contribution in [2.75, 3.05) is 5.32 Å². The largest absolute Gasteiger partial charge is 0.480 e. The highest BCUT2D eigenvalue weighted by Crippen LogP contribution is 2.25. The molecule has 0 spiro atoms. The number of halogens is 1. The molecule has 2 aromatic carbocycles. The van der Waals surface area contributed by atoms with Crippen LogP contribution in [-0.4, -0.2) is 34.7 Å². The quantitative estimate of drug-likeness (QED) is 0.271. The molecule has 222 valence electrons. The Hall–Kier alpha value is -5.10. The number of carbonyl (C=O) groups excluding carboxylic acids is 2. The molecule has 1 heterocycles. The molecule has 0 radical (unpaired) electrons. The molecule has 8 nitrogen and oxygen atoms in total. The molecular formula is C34H33FN2O6. The average Bonchev–Trinajstić information content (AvgIpc) is 3.43. The lowest BCUT2D eigenvalue weighted by molar-refractivity contribution is -0.139. The zero-order valence-electron chi connectivity index (χ0n) is 24.4. The van der Waals surface area contributed by atoms with Crippen LogP contribution >= 0.6 is 0 Å². The average molecular weight is 585 g/mol. The highest BCUT2D eigenvalue weighted by atomic mass is 19.1. The lowest BCUT2D eigenvalue weighted by atomic mass is 9.97. The molecule has 1 aliphatic rings. The maximum absolute atomic E-state index is 14.9. The number of benzene rings is 2. The van der Waals surface area contributed by atoms with Crippen molar-refractivity contribution in [3.63, 3.8) is 0 Å². The van der Waals surface area contributed by atoms with Gasteiger partial charge in [-0.2, -0.15) is 0 Å². The fourth-order valence-corrected chi connectivity index (χ4v) is 4.18. The molecule has 4 rings (SSSR count). The molecule has 1 aliphatic carbocycles. The fraction of sp³-hybridized carbons (Fsp3) is 0.265. The summed E-state index contributed by atoms with van der Waals surface area (Å²) in [5.41, 5.74) is 1.86. The van der Waals surface area contributed by atoms with Crippen LogP contribution in [0.4, 0.5) is 14.9 Å². The van der Waals surface area contributed by atoms with Gasteiger partial charge in [0.2, 0.25) is 0 Å². The Morgan fingerprint density at radius 3 is 2.47 bits per heavy atom. The van der Waals surface area contributed by atoms with E-state index in [1.54, 1.807) is 57.2 Å². The van der Waals surface area contributed by atoms with Crippen molar-refractivity contribution >= 4 is 29.2 Å². The summed E-state index contributed by atoms with van der Waals surface area (Å²) in [5.74, 6) is 4.00. The van der Waals surface area contributed by atoms with Gasteiger partial charge in [-0.15, -0.1) is 0 Å². The molecule has 9 heteroatoms. The number of carboxylic acid groups (broad SMARTS) is 1. The molecule has 2 amide bonds. The number of amides is 2. The third-order valence-electron chi connectivity index (χ3n) is 6.38. The number of ether oxygens (including phenoxy) is 1. The third-order valence-corrected chi connectivity index (χ3v) is 6.38. The second-order valence-corrected chi connectivity index (χ2v) is 11.2. The summed E-state index contributed by atoms with van der Waals surface area (Å²) in [6, 6.07) is 12.8. The van der Waals surface area contributed by atoms with Crippen molar-refractivity contribution in [1.82, 2.24) is 5.32 Å². The Morgan fingerprint density at radius 1 is 1.09 bits per heavy atom. The molecule has 3 N–H and O–H groups in total. The lowest BCUT2D eigenvalue weighted by Crippen LogP contribution is -2.42. The number of aliphatic carboxylic acids is 1. The first-order chi connectivity index (χ1) is 20.4. The predicted molar refractivity (Wildman–Crippen MR) is 161 cm³/mol. The van der Waals surface area contributed by atoms with Gasteiger partial charge in [-0.1, -0.05) is 43.1 Å². The summed E-state index contributed by atoms with van der Waals surface area (Å²) >= 11 is 0. The van der Waals surface area contributed by atoms with Gasteiger partial charge in [0.05, 0.1) is 5.56 Å². The minimum absolute atomic E-state index is 0.0142. The van der Waals surface area contributed by atoms with E-state index in [1.807, 2.05) is 12.2 Å². The summed E-state index contributed by atoms with van der Waals surface area (Å²) < 4.78 is 25.7. The van der Waals surface area contributed by atoms with Crippen molar-refractivity contribution in [3.8, 4) is 11.8 Å². The van der Waals surface area contributed by atoms with Gasteiger partial charge in [-0.05, 0) is 87.2 Å². The van der Waals surface area contributed by atoms with E-state index in [1.165, 1.54) is 18.2 Å². The van der Waals surface area contributed by atoms with Gasteiger partial charge >= 0.3 is 12.1 Å². The van der Waals surface area contributed by atoms with Crippen molar-refractivity contribution in [1.29, 1.82) is 0 Å². The zero-order chi connectivity index (χ0) is 31.1. The van der Waals surface area contributed by atoms with E-state index < -0.39 is 35.4 Å². The first kappa shape index (κ1) is 30.8. The van der Waals surface area contributed by atoms with Crippen LogP contribution in [-0.2, 0) is 16.0 Å². The van der Waals surface area contributed by atoms with E-state index in [9.17, 15) is 23.9 Å². The molecule has 0 fully saturated rings. The van der Waals surface area contributed by atoms with E-state index in [4.69, 9.17) is 9.15 Å². The molecule has 2 atom stereocenters. The monoisotopic (exact) mass is 584 g/mol. The van der Waals surface area contributed by atoms with Crippen LogP contribution in [0.2, 0.25) is 0 Å². The molecule has 3 aromatic rings. The topological polar surface area (TPSA) is 118 Å². The zero-order valence-corrected chi connectivity index (χ0v) is 24.4. The number of hydrogen-bond acceptors (Lipinski definition) is 5. The number of furan rings is 1. The maximum Gasteiger partial charge on any atom is 0.412 e. The summed E-state index contributed by atoms with van der Waals surface area (Å²) in [7, 11) is 0. The fourth-order valence-electron chi connectivity index (χ4n) is 4.18. The Labute approximate surface area is 249 Å². The van der Waals surface area contributed by atoms with E-state index in [0.29, 0.717) is 28.5 Å². The minimum Gasteiger partial charge on any atom is -0.480 e. The summed E-state index contributed by atoms with van der Waals surface area (Å²) in [6.45, 7) is 7.40. The smallest absolute Gasteiger partial charge is 0.412 e. The molecule has 1 unspecified atom stereocenters. The highest BCUT2D eigenvalue weighted by Gasteiger charge is 2.24. The number of hydrogen-bond donors (Lipinski definition) is 3. The van der Waals surface area contributed by atoms with E-state index in [0.717, 1.165) is 12.0 Å². The van der Waals surface area contributed by atoms with Crippen molar-refractivity contribution in [2.24, 2.45) is 5.92 Å². The standard InChI is InChI=1S/C34H33FN2O6/c1-21-5-11-25(12-6-21)29-17-18-30(42-29)31(38)37-28(32(39)40)20-23-8-14-24(27(35)19-23)13-7-22-9-15-26(16-10-22)36-33(41)43-34(2,3)4/h5,8-12,14-19,21,28H,6,20H2,1-4H3,(H,36,41)(H,37,38)(H,39,40)/t21?,28-/m0/s1. The maximum atomic E-state index is 14.9. The number of rotatable bonds is 7. The summed E-state index contributed by atoms with van der Waals surface area (Å²) in [4.78, 5) is 36.6. The Bertz CT molecular complexity index is 1630. The van der Waals surface area contributed by atoms with Crippen LogP contribution in [0, 0.1) is 23.6 Å². The van der Waals surface area contributed by atoms with E-state index in [-0.39, 0.29) is 17.7 Å². The lowest BCUT2D eigenvalue weighted by Gasteiger charge is -2.19. The van der Waals surface area contributed by atoms with Gasteiger partial charge in [0.15, 0.2) is 5.76 Å². The predicted octanol–water partition coefficient (Wildman–Crippen LogP) is 6.57. The molecule has 0 saturated carbocycles. The Morgan fingerprint density at radius 2 is 1.84 bits per heavy atom. The first-order valence-electron chi connectivity index (χ1n) is 13.8. The number of anilines is 1. The van der Waals surface area contributed by atoms with Crippen LogP contribution < -0.4 is 10.6 Å². The van der Waals surface area contributed by atoms with Crippen LogP contribution in [0.1, 0.15) is 67.1 Å². The van der Waals surface area contributed by atoms with E-state index in [2.05, 4.69) is 35.5 Å². The molecule has 1 aromatic heterocycles. The highest BCUT2D eigenvalue weighted by molar-refractivity contribution is 5.95. The third kappa shape index (κ3) is 8.94. The van der Waals surface area contributed by atoms with Gasteiger partial charge in [0, 0.05) is 23.2 Å². The second kappa shape index (κ2) is 13.3. The molecule has 0 aliphatic heterocycles. The SMILES string of the molecule is CC1C=CC(c2ccc(C(=O)N[C@@H](Cc3ccc(C#Cc4ccc(NC(=O)OC(C)(C)C)cc4)c(F)c3)C(=O)O)o2)=CC1. The Kier molecular flexibility index (Phi) is 9.51. The van der Waals surface area contributed by atoms with Crippen LogP contribution in [0.25, 0.3) is 5.57 Å². The minimum atomic E-state index is -1.31. The van der Waals surface area contributed by atoms with Gasteiger partial charge in [-0.25, -0.2) is 14.0 Å². The Balaban J connectivity index is 1.37. The van der Waals surface area contributed by atoms with Crippen LogP contribution in [0.5, 0.6) is 0 Å². The summed E-state index contributed by atoms with van der Waals surface area (Å²) in [5, 5.41) is 14.8. The molecule has 0 saturated heterocycles. The molecule has 43 heavy (non-hydrogen) atoms. The first-order valence-corrected chi connectivity index (χ1v) is 13.8. The van der Waals surface area contributed by atoms with Crippen LogP contribution in [0.3, 0.4) is 0 Å². The van der Waals surface area contributed by atoms with Crippen molar-refractivity contribution < 1.29 is 33.0 Å². The van der Waals surface area contributed by atoms with Crippen molar-refractivity contribution in [2.45, 2.75) is 52.2 Å². The van der Waals surface area contributed by atoms with Gasteiger partial charge in [0.25, 0.3) is 5.91 Å². The molecule has 0 bridgehead atoms. The second-order valence-electron chi connectivity index (χ2n) is 11.2. The van der Waals surface area contributed by atoms with Gasteiger partial charge in [0.1, 0.15) is 23.2 Å². The number of allylic oxidation sites excluding steroid dienone is 4. The van der Waals surface area contributed by atoms with Crippen molar-refractivity contribution in [3.05, 3.63) is 107 Å². The van der Waals surface area contributed by atoms with Gasteiger partial charge in [-0.3, -0.25) is 10.1 Å². The number of carbonyl (C=O) groups is 3. The van der Waals surface area contributed by atoms with E-state index >= 15 is 0 Å². The number of carboxylic acids is 1.